The maximum absolute atomic E-state index is 13.0. The van der Waals surface area contributed by atoms with E-state index < -0.39 is 6.04 Å². The van der Waals surface area contributed by atoms with Gasteiger partial charge in [0.2, 0.25) is 17.7 Å². The second-order valence-corrected chi connectivity index (χ2v) is 8.40. The van der Waals surface area contributed by atoms with Crippen molar-refractivity contribution >= 4 is 17.7 Å². The van der Waals surface area contributed by atoms with Gasteiger partial charge in [0.05, 0.1) is 19.8 Å². The number of rotatable bonds is 7. The summed E-state index contributed by atoms with van der Waals surface area (Å²) in [7, 11) is 1.61. The lowest BCUT2D eigenvalue weighted by Gasteiger charge is -2.26. The van der Waals surface area contributed by atoms with Crippen molar-refractivity contribution in [2.75, 3.05) is 33.4 Å². The minimum Gasteiger partial charge on any atom is -0.497 e. The topological polar surface area (TPSA) is 88.2 Å². The molecule has 0 radical (unpaired) electrons. The van der Waals surface area contributed by atoms with Gasteiger partial charge < -0.3 is 24.6 Å². The molecule has 1 aromatic carbocycles. The average molecular weight is 415 g/mol. The van der Waals surface area contributed by atoms with E-state index in [1.807, 2.05) is 24.3 Å². The van der Waals surface area contributed by atoms with Crippen LogP contribution in [0, 0.1) is 5.92 Å². The molecule has 2 saturated heterocycles. The third kappa shape index (κ3) is 5.11. The fourth-order valence-corrected chi connectivity index (χ4v) is 3.97. The van der Waals surface area contributed by atoms with Crippen molar-refractivity contribution in [3.63, 3.8) is 0 Å². The molecule has 0 bridgehead atoms. The zero-order chi connectivity index (χ0) is 21.1. The summed E-state index contributed by atoms with van der Waals surface area (Å²) in [5.74, 6) is 0.903. The van der Waals surface area contributed by atoms with Gasteiger partial charge in [-0.05, 0) is 42.9 Å². The van der Waals surface area contributed by atoms with Crippen LogP contribution in [0.1, 0.15) is 31.2 Å². The number of ether oxygens (including phenoxy) is 2. The van der Waals surface area contributed by atoms with E-state index in [0.29, 0.717) is 45.0 Å². The predicted octanol–water partition coefficient (Wildman–Crippen LogP) is 0.940. The van der Waals surface area contributed by atoms with Gasteiger partial charge in [-0.15, -0.1) is 0 Å². The SMILES string of the molecule is COc1cccc(CN2CC(OCC3CC3)CN(C(=O)[C@@H]3CCC(=O)N3)CC2=O)c1. The summed E-state index contributed by atoms with van der Waals surface area (Å²) in [5.41, 5.74) is 0.964. The second kappa shape index (κ2) is 9.04. The number of nitrogens with one attached hydrogen (secondary N) is 1. The second-order valence-electron chi connectivity index (χ2n) is 8.40. The Hall–Kier alpha value is -2.61. The molecule has 2 aliphatic heterocycles. The van der Waals surface area contributed by atoms with E-state index in [-0.39, 0.29) is 30.4 Å². The molecule has 3 fully saturated rings. The minimum absolute atomic E-state index is 0.00153. The van der Waals surface area contributed by atoms with Crippen molar-refractivity contribution in [3.8, 4) is 5.75 Å². The molecule has 3 aliphatic rings. The molecule has 2 heterocycles. The predicted molar refractivity (Wildman–Crippen MR) is 109 cm³/mol. The molecule has 8 nitrogen and oxygen atoms in total. The van der Waals surface area contributed by atoms with Crippen molar-refractivity contribution in [3.05, 3.63) is 29.8 Å². The first-order chi connectivity index (χ1) is 14.5. The fraction of sp³-hybridized carbons (Fsp3) is 0.591. The van der Waals surface area contributed by atoms with Crippen molar-refractivity contribution < 1.29 is 23.9 Å². The summed E-state index contributed by atoms with van der Waals surface area (Å²) >= 11 is 0. The quantitative estimate of drug-likeness (QED) is 0.716. The van der Waals surface area contributed by atoms with Crippen molar-refractivity contribution in [2.24, 2.45) is 5.92 Å². The Morgan fingerprint density at radius 1 is 1.20 bits per heavy atom. The summed E-state index contributed by atoms with van der Waals surface area (Å²) < 4.78 is 11.4. The molecule has 1 N–H and O–H groups in total. The Morgan fingerprint density at radius 2 is 2.03 bits per heavy atom. The van der Waals surface area contributed by atoms with Gasteiger partial charge in [0.15, 0.2) is 0 Å². The first-order valence-electron chi connectivity index (χ1n) is 10.6. The number of benzene rings is 1. The van der Waals surface area contributed by atoms with Gasteiger partial charge in [-0.3, -0.25) is 14.4 Å². The lowest BCUT2D eigenvalue weighted by atomic mass is 10.2. The highest BCUT2D eigenvalue weighted by Gasteiger charge is 2.36. The summed E-state index contributed by atoms with van der Waals surface area (Å²) in [6.07, 6.45) is 2.93. The van der Waals surface area contributed by atoms with E-state index in [1.54, 1.807) is 16.9 Å². The van der Waals surface area contributed by atoms with Gasteiger partial charge in [0, 0.05) is 32.7 Å². The average Bonchev–Trinajstić information content (AvgIpc) is 3.50. The number of methoxy groups -OCH3 is 1. The molecular weight excluding hydrogens is 386 g/mol. The van der Waals surface area contributed by atoms with Crippen molar-refractivity contribution in [2.45, 2.75) is 44.4 Å². The first-order valence-corrected chi connectivity index (χ1v) is 10.6. The van der Waals surface area contributed by atoms with Gasteiger partial charge in [0.25, 0.3) is 0 Å². The number of nitrogens with zero attached hydrogens (tertiary/aromatic N) is 2. The van der Waals surface area contributed by atoms with E-state index in [9.17, 15) is 14.4 Å². The zero-order valence-electron chi connectivity index (χ0n) is 17.3. The van der Waals surface area contributed by atoms with E-state index in [1.165, 1.54) is 12.8 Å². The van der Waals surface area contributed by atoms with Crippen LogP contribution in [0.3, 0.4) is 0 Å². The van der Waals surface area contributed by atoms with Crippen molar-refractivity contribution in [1.29, 1.82) is 0 Å². The lowest BCUT2D eigenvalue weighted by Crippen LogP contribution is -2.48. The van der Waals surface area contributed by atoms with Crippen LogP contribution in [-0.2, 0) is 25.7 Å². The number of hydrogen-bond acceptors (Lipinski definition) is 5. The van der Waals surface area contributed by atoms with Crippen LogP contribution in [0.4, 0.5) is 0 Å². The van der Waals surface area contributed by atoms with Crippen LogP contribution in [0.5, 0.6) is 5.75 Å². The minimum atomic E-state index is -0.542. The summed E-state index contributed by atoms with van der Waals surface area (Å²) in [6, 6.07) is 7.09. The Morgan fingerprint density at radius 3 is 2.73 bits per heavy atom. The summed E-state index contributed by atoms with van der Waals surface area (Å²) in [4.78, 5) is 40.8. The number of amides is 3. The van der Waals surface area contributed by atoms with Gasteiger partial charge in [-0.25, -0.2) is 0 Å². The summed E-state index contributed by atoms with van der Waals surface area (Å²) in [5, 5.41) is 2.72. The van der Waals surface area contributed by atoms with Crippen LogP contribution < -0.4 is 10.1 Å². The Balaban J connectivity index is 1.47. The molecule has 1 unspecified atom stereocenters. The van der Waals surface area contributed by atoms with E-state index in [2.05, 4.69) is 5.32 Å². The highest BCUT2D eigenvalue weighted by Crippen LogP contribution is 2.29. The molecule has 4 rings (SSSR count). The highest BCUT2D eigenvalue weighted by molar-refractivity contribution is 5.93. The molecule has 2 atom stereocenters. The largest absolute Gasteiger partial charge is 0.497 e. The van der Waals surface area contributed by atoms with E-state index in [0.717, 1.165) is 11.3 Å². The first kappa shape index (κ1) is 20.7. The molecule has 0 aromatic heterocycles. The molecule has 8 heteroatoms. The zero-order valence-corrected chi connectivity index (χ0v) is 17.3. The third-order valence-corrected chi connectivity index (χ3v) is 5.90. The number of carbonyl (C=O) groups excluding carboxylic acids is 3. The third-order valence-electron chi connectivity index (χ3n) is 5.90. The van der Waals surface area contributed by atoms with Crippen LogP contribution >= 0.6 is 0 Å². The maximum Gasteiger partial charge on any atom is 0.245 e. The molecule has 0 spiro atoms. The normalized spacial score (nSPS) is 24.6. The van der Waals surface area contributed by atoms with Crippen LogP contribution in [-0.4, -0.2) is 73.0 Å². The monoisotopic (exact) mass is 415 g/mol. The molecule has 162 valence electrons. The molecule has 1 saturated carbocycles. The Labute approximate surface area is 176 Å². The maximum atomic E-state index is 13.0. The van der Waals surface area contributed by atoms with Crippen LogP contribution in [0.15, 0.2) is 24.3 Å². The summed E-state index contributed by atoms with van der Waals surface area (Å²) in [6.45, 7) is 1.88. The Kier molecular flexibility index (Phi) is 6.22. The Bertz CT molecular complexity index is 810. The van der Waals surface area contributed by atoms with Gasteiger partial charge >= 0.3 is 0 Å². The number of hydrogen-bond donors (Lipinski definition) is 1. The molecule has 1 aliphatic carbocycles. The van der Waals surface area contributed by atoms with E-state index >= 15 is 0 Å². The van der Waals surface area contributed by atoms with Crippen LogP contribution in [0.2, 0.25) is 0 Å². The molecule has 30 heavy (non-hydrogen) atoms. The fourth-order valence-electron chi connectivity index (χ4n) is 3.97. The van der Waals surface area contributed by atoms with Crippen molar-refractivity contribution in [1.82, 2.24) is 15.1 Å². The smallest absolute Gasteiger partial charge is 0.245 e. The number of carbonyl (C=O) groups is 3. The lowest BCUT2D eigenvalue weighted by molar-refractivity contribution is -0.140. The molecule has 3 amide bonds. The molecular formula is C22H29N3O5. The molecule has 1 aromatic rings. The van der Waals surface area contributed by atoms with E-state index in [4.69, 9.17) is 9.47 Å². The standard InChI is InChI=1S/C22H29N3O5/c1-29-17-4-2-3-16(9-17)10-24-11-18(30-14-15-5-6-15)12-25(13-21(24)27)22(28)19-7-8-20(26)23-19/h2-4,9,15,18-19H,5-8,10-14H2,1H3,(H,23,26)/t18?,19-/m0/s1. The van der Waals surface area contributed by atoms with Crippen LogP contribution in [0.25, 0.3) is 0 Å². The van der Waals surface area contributed by atoms with Gasteiger partial charge in [0.1, 0.15) is 11.8 Å². The highest BCUT2D eigenvalue weighted by atomic mass is 16.5. The van der Waals surface area contributed by atoms with Gasteiger partial charge in [-0.1, -0.05) is 12.1 Å². The van der Waals surface area contributed by atoms with Gasteiger partial charge in [-0.2, -0.15) is 0 Å².